The molecule has 142 valence electrons. The van der Waals surface area contributed by atoms with E-state index in [-0.39, 0.29) is 17.2 Å². The predicted molar refractivity (Wildman–Crippen MR) is 103 cm³/mol. The number of halogens is 1. The number of hydrogen-bond acceptors (Lipinski definition) is 3. The summed E-state index contributed by atoms with van der Waals surface area (Å²) in [5.41, 5.74) is 0.454. The standard InChI is InChI=1S/C22H24FNO3/c1-27-22(26)18-10-7-11-19(20(18)23)24(15-14-16-12-13-16)21(25)17-8-5-3-2-4-6-9-17/h3,5-11,16H,2,4,12-15H2,1H3/b5-3-,9-6+,17-8+. The lowest BCUT2D eigenvalue weighted by Crippen LogP contribution is -2.34. The van der Waals surface area contributed by atoms with Crippen molar-refractivity contribution in [2.24, 2.45) is 5.92 Å². The highest BCUT2D eigenvalue weighted by molar-refractivity contribution is 6.08. The number of anilines is 1. The first-order valence-electron chi connectivity index (χ1n) is 9.34. The Morgan fingerprint density at radius 2 is 2.00 bits per heavy atom. The highest BCUT2D eigenvalue weighted by Gasteiger charge is 2.28. The molecule has 0 aliphatic heterocycles. The quantitative estimate of drug-likeness (QED) is 0.690. The van der Waals surface area contributed by atoms with Gasteiger partial charge < -0.3 is 9.64 Å². The second-order valence-electron chi connectivity index (χ2n) is 6.85. The van der Waals surface area contributed by atoms with Gasteiger partial charge in [0.25, 0.3) is 5.91 Å². The SMILES string of the molecule is COC(=O)c1cccc(N(CCC2CC2)C(=O)C2=C/C=C\CC\C=C\2)c1F. The molecule has 1 saturated carbocycles. The molecule has 0 aromatic heterocycles. The number of carbonyl (C=O) groups excluding carboxylic acids is 2. The number of benzene rings is 1. The number of carbonyl (C=O) groups is 2. The summed E-state index contributed by atoms with van der Waals surface area (Å²) in [4.78, 5) is 26.5. The molecule has 4 nitrogen and oxygen atoms in total. The van der Waals surface area contributed by atoms with Crippen LogP contribution in [-0.2, 0) is 9.53 Å². The van der Waals surface area contributed by atoms with Crippen molar-refractivity contribution in [3.05, 3.63) is 65.5 Å². The summed E-state index contributed by atoms with van der Waals surface area (Å²) in [5, 5.41) is 0. The van der Waals surface area contributed by atoms with Gasteiger partial charge in [0.2, 0.25) is 0 Å². The summed E-state index contributed by atoms with van der Waals surface area (Å²) >= 11 is 0. The Morgan fingerprint density at radius 3 is 2.74 bits per heavy atom. The van der Waals surface area contributed by atoms with Crippen molar-refractivity contribution in [2.45, 2.75) is 32.1 Å². The Hall–Kier alpha value is -2.69. The maximum atomic E-state index is 15.0. The smallest absolute Gasteiger partial charge is 0.340 e. The highest BCUT2D eigenvalue weighted by atomic mass is 19.1. The number of hydrogen-bond donors (Lipinski definition) is 0. The van der Waals surface area contributed by atoms with Crippen molar-refractivity contribution in [2.75, 3.05) is 18.6 Å². The first kappa shape index (κ1) is 19.1. The van der Waals surface area contributed by atoms with Gasteiger partial charge in [0.05, 0.1) is 18.4 Å². The molecule has 0 N–H and O–H groups in total. The lowest BCUT2D eigenvalue weighted by Gasteiger charge is -2.24. The molecular formula is C22H24FNO3. The van der Waals surface area contributed by atoms with Crippen LogP contribution in [-0.4, -0.2) is 25.5 Å². The molecule has 0 bridgehead atoms. The molecule has 1 aromatic rings. The predicted octanol–water partition coefficient (Wildman–Crippen LogP) is 4.58. The number of rotatable bonds is 6. The Kier molecular flexibility index (Phi) is 6.22. The van der Waals surface area contributed by atoms with Crippen LogP contribution in [0, 0.1) is 11.7 Å². The lowest BCUT2D eigenvalue weighted by molar-refractivity contribution is -0.114. The molecule has 2 aliphatic rings. The van der Waals surface area contributed by atoms with E-state index in [1.165, 1.54) is 24.1 Å². The van der Waals surface area contributed by atoms with E-state index in [1.54, 1.807) is 18.2 Å². The van der Waals surface area contributed by atoms with Gasteiger partial charge in [-0.3, -0.25) is 4.79 Å². The Morgan fingerprint density at radius 1 is 1.22 bits per heavy atom. The highest BCUT2D eigenvalue weighted by Crippen LogP contribution is 2.34. The van der Waals surface area contributed by atoms with Crippen LogP contribution in [0.5, 0.6) is 0 Å². The molecule has 5 heteroatoms. The van der Waals surface area contributed by atoms with Crippen LogP contribution in [0.15, 0.2) is 54.2 Å². The van der Waals surface area contributed by atoms with E-state index in [4.69, 9.17) is 0 Å². The van der Waals surface area contributed by atoms with E-state index in [2.05, 4.69) is 4.74 Å². The minimum Gasteiger partial charge on any atom is -0.465 e. The van der Waals surface area contributed by atoms with Crippen LogP contribution in [0.25, 0.3) is 0 Å². The molecule has 2 aliphatic carbocycles. The number of methoxy groups -OCH3 is 1. The second-order valence-corrected chi connectivity index (χ2v) is 6.85. The van der Waals surface area contributed by atoms with E-state index in [0.717, 1.165) is 32.1 Å². The van der Waals surface area contributed by atoms with Gasteiger partial charge in [0.15, 0.2) is 5.82 Å². The van der Waals surface area contributed by atoms with Gasteiger partial charge in [-0.05, 0) is 43.4 Å². The Labute approximate surface area is 159 Å². The molecule has 1 aromatic carbocycles. The number of ether oxygens (including phenoxy) is 1. The van der Waals surface area contributed by atoms with E-state index in [1.807, 2.05) is 18.2 Å². The Balaban J connectivity index is 1.95. The third-order valence-electron chi connectivity index (χ3n) is 4.83. The topological polar surface area (TPSA) is 46.6 Å². The van der Waals surface area contributed by atoms with E-state index in [9.17, 15) is 9.59 Å². The zero-order valence-electron chi connectivity index (χ0n) is 15.5. The number of nitrogens with zero attached hydrogens (tertiary/aromatic N) is 1. The van der Waals surface area contributed by atoms with Crippen LogP contribution in [0.4, 0.5) is 10.1 Å². The number of amides is 1. The van der Waals surface area contributed by atoms with E-state index in [0.29, 0.717) is 18.0 Å². The molecule has 1 amide bonds. The summed E-state index contributed by atoms with van der Waals surface area (Å²) < 4.78 is 19.7. The van der Waals surface area contributed by atoms with Crippen molar-refractivity contribution in [1.29, 1.82) is 0 Å². The molecule has 0 saturated heterocycles. The van der Waals surface area contributed by atoms with Crippen molar-refractivity contribution in [3.63, 3.8) is 0 Å². The number of esters is 1. The van der Waals surface area contributed by atoms with Gasteiger partial charge >= 0.3 is 5.97 Å². The molecule has 0 radical (unpaired) electrons. The van der Waals surface area contributed by atoms with Crippen LogP contribution < -0.4 is 4.90 Å². The molecule has 0 heterocycles. The molecule has 0 spiro atoms. The van der Waals surface area contributed by atoms with Crippen LogP contribution >= 0.6 is 0 Å². The molecule has 0 atom stereocenters. The first-order chi connectivity index (χ1) is 13.1. The molecule has 3 rings (SSSR count). The number of allylic oxidation sites excluding steroid dienone is 4. The lowest BCUT2D eigenvalue weighted by atomic mass is 10.1. The van der Waals surface area contributed by atoms with Gasteiger partial charge in [-0.1, -0.05) is 43.2 Å². The average Bonchev–Trinajstić information content (AvgIpc) is 3.46. The minimum atomic E-state index is -0.753. The fourth-order valence-electron chi connectivity index (χ4n) is 3.07. The van der Waals surface area contributed by atoms with E-state index >= 15 is 4.39 Å². The normalized spacial score (nSPS) is 20.6. The summed E-state index contributed by atoms with van der Waals surface area (Å²) in [6.07, 6.45) is 14.3. The maximum absolute atomic E-state index is 15.0. The largest absolute Gasteiger partial charge is 0.465 e. The molecular weight excluding hydrogens is 345 g/mol. The third-order valence-corrected chi connectivity index (χ3v) is 4.83. The van der Waals surface area contributed by atoms with Crippen LogP contribution in [0.1, 0.15) is 42.5 Å². The third kappa shape index (κ3) is 4.73. The summed E-state index contributed by atoms with van der Waals surface area (Å²) in [6.45, 7) is 0.417. The van der Waals surface area contributed by atoms with Crippen LogP contribution in [0.2, 0.25) is 0 Å². The summed E-state index contributed by atoms with van der Waals surface area (Å²) in [6, 6.07) is 4.48. The zero-order chi connectivity index (χ0) is 19.2. The minimum absolute atomic E-state index is 0.115. The zero-order valence-corrected chi connectivity index (χ0v) is 15.5. The van der Waals surface area contributed by atoms with Gasteiger partial charge in [-0.15, -0.1) is 0 Å². The van der Waals surface area contributed by atoms with Crippen molar-refractivity contribution >= 4 is 17.6 Å². The van der Waals surface area contributed by atoms with Gasteiger partial charge in [-0.25, -0.2) is 9.18 Å². The summed E-state index contributed by atoms with van der Waals surface area (Å²) in [7, 11) is 1.21. The van der Waals surface area contributed by atoms with Crippen molar-refractivity contribution in [3.8, 4) is 0 Å². The average molecular weight is 369 g/mol. The molecule has 0 unspecified atom stereocenters. The maximum Gasteiger partial charge on any atom is 0.340 e. The summed E-state index contributed by atoms with van der Waals surface area (Å²) in [5.74, 6) is -1.15. The molecule has 27 heavy (non-hydrogen) atoms. The molecule has 1 fully saturated rings. The fraction of sp³-hybridized carbons (Fsp3) is 0.364. The monoisotopic (exact) mass is 369 g/mol. The van der Waals surface area contributed by atoms with Gasteiger partial charge in [-0.2, -0.15) is 0 Å². The van der Waals surface area contributed by atoms with Crippen LogP contribution in [0.3, 0.4) is 0 Å². The second kappa shape index (κ2) is 8.80. The van der Waals surface area contributed by atoms with E-state index < -0.39 is 11.8 Å². The Bertz CT molecular complexity index is 806. The fourth-order valence-corrected chi connectivity index (χ4v) is 3.07. The first-order valence-corrected chi connectivity index (χ1v) is 9.34. The van der Waals surface area contributed by atoms with Crippen molar-refractivity contribution < 1.29 is 18.7 Å². The van der Waals surface area contributed by atoms with Gasteiger partial charge in [0.1, 0.15) is 0 Å². The van der Waals surface area contributed by atoms with Crippen molar-refractivity contribution in [1.82, 2.24) is 0 Å². The van der Waals surface area contributed by atoms with Gasteiger partial charge in [0, 0.05) is 12.1 Å².